The van der Waals surface area contributed by atoms with Gasteiger partial charge in [-0.25, -0.2) is 0 Å². The van der Waals surface area contributed by atoms with Gasteiger partial charge in [-0.3, -0.25) is 4.90 Å². The molecule has 0 bridgehead atoms. The number of hydrogen-bond acceptors (Lipinski definition) is 2. The van der Waals surface area contributed by atoms with E-state index < -0.39 is 30.7 Å². The first-order valence-corrected chi connectivity index (χ1v) is 7.34. The molecule has 0 atom stereocenters. The average molecular weight is 338 g/mol. The van der Waals surface area contributed by atoms with Crippen LogP contribution in [0.15, 0.2) is 18.2 Å². The molecule has 2 aliphatic heterocycles. The molecule has 2 aliphatic rings. The quantitative estimate of drug-likeness (QED) is 0.821. The van der Waals surface area contributed by atoms with E-state index in [-0.39, 0.29) is 13.1 Å². The zero-order chi connectivity index (χ0) is 16.9. The normalized spacial score (nSPS) is 21.3. The lowest BCUT2D eigenvalue weighted by atomic mass is 9.85. The lowest BCUT2D eigenvalue weighted by Gasteiger charge is -2.33. The van der Waals surface area contributed by atoms with Crippen molar-refractivity contribution in [1.29, 1.82) is 0 Å². The molecule has 3 rings (SSSR count). The highest BCUT2D eigenvalue weighted by Gasteiger charge is 2.72. The molecule has 0 aromatic heterocycles. The Hall–Kier alpha value is -1.44. The summed E-state index contributed by atoms with van der Waals surface area (Å²) in [5, 5.41) is 3.15. The van der Waals surface area contributed by atoms with Crippen LogP contribution in [0.4, 0.5) is 32.0 Å². The zero-order valence-electron chi connectivity index (χ0n) is 12.2. The second-order valence-corrected chi connectivity index (χ2v) is 6.17. The fourth-order valence-electron chi connectivity index (χ4n) is 3.43. The largest absolute Gasteiger partial charge is 0.404 e. The summed E-state index contributed by atoms with van der Waals surface area (Å²) in [5.41, 5.74) is -0.963. The highest BCUT2D eigenvalue weighted by atomic mass is 19.4. The molecular weight excluding hydrogens is 322 g/mol. The van der Waals surface area contributed by atoms with E-state index in [4.69, 9.17) is 0 Å². The second-order valence-electron chi connectivity index (χ2n) is 6.17. The van der Waals surface area contributed by atoms with Gasteiger partial charge in [-0.1, -0.05) is 18.2 Å². The predicted molar refractivity (Wildman–Crippen MR) is 73.1 cm³/mol. The Morgan fingerprint density at radius 1 is 1.09 bits per heavy atom. The molecular formula is C15H16F6N2. The van der Waals surface area contributed by atoms with Gasteiger partial charge < -0.3 is 5.32 Å². The van der Waals surface area contributed by atoms with E-state index in [9.17, 15) is 26.3 Å². The average Bonchev–Trinajstić information content (AvgIpc) is 3.03. The number of rotatable bonds is 2. The van der Waals surface area contributed by atoms with Gasteiger partial charge in [0.2, 0.25) is 0 Å². The molecule has 1 N–H and O–H groups in total. The lowest BCUT2D eigenvalue weighted by Crippen LogP contribution is -2.51. The summed E-state index contributed by atoms with van der Waals surface area (Å²) in [6.45, 7) is -0.433. The maximum atomic E-state index is 13.1. The minimum Gasteiger partial charge on any atom is -0.384 e. The summed E-state index contributed by atoms with van der Waals surface area (Å²) in [6, 6.07) is 5.45. The molecule has 1 saturated heterocycles. The Labute approximate surface area is 129 Å². The molecule has 1 fully saturated rings. The molecule has 0 spiro atoms. The fourth-order valence-corrected chi connectivity index (χ4v) is 3.43. The summed E-state index contributed by atoms with van der Waals surface area (Å²) in [6.07, 6.45) is -10.7. The van der Waals surface area contributed by atoms with E-state index in [0.717, 1.165) is 29.8 Å². The molecule has 23 heavy (non-hydrogen) atoms. The monoisotopic (exact) mass is 338 g/mol. The highest BCUT2D eigenvalue weighted by Crippen LogP contribution is 2.55. The first-order chi connectivity index (χ1) is 10.6. The molecule has 0 saturated carbocycles. The van der Waals surface area contributed by atoms with Gasteiger partial charge in [-0.2, -0.15) is 26.3 Å². The Bertz CT molecular complexity index is 579. The minimum absolute atomic E-state index is 0.0874. The molecule has 0 radical (unpaired) electrons. The van der Waals surface area contributed by atoms with E-state index in [1.807, 2.05) is 6.07 Å². The molecule has 128 valence electrons. The van der Waals surface area contributed by atoms with Crippen LogP contribution in [0, 0.1) is 5.41 Å². The Morgan fingerprint density at radius 3 is 2.39 bits per heavy atom. The van der Waals surface area contributed by atoms with Gasteiger partial charge in [0.05, 0.1) is 0 Å². The molecule has 1 aromatic carbocycles. The van der Waals surface area contributed by atoms with Gasteiger partial charge in [0.25, 0.3) is 0 Å². The van der Waals surface area contributed by atoms with Crippen LogP contribution < -0.4 is 5.32 Å². The number of para-hydroxylation sites is 1. The van der Waals surface area contributed by atoms with Gasteiger partial charge in [-0.15, -0.1) is 0 Å². The molecule has 2 heterocycles. The first kappa shape index (κ1) is 16.4. The van der Waals surface area contributed by atoms with E-state index in [1.54, 1.807) is 12.1 Å². The van der Waals surface area contributed by atoms with E-state index in [1.165, 1.54) is 4.90 Å². The SMILES string of the molecule is FC(F)(F)C1(C(F)(F)F)CCN(Cc2cccc3c2NCC3)C1. The number of nitrogens with zero attached hydrogens (tertiary/aromatic N) is 1. The van der Waals surface area contributed by atoms with E-state index in [2.05, 4.69) is 5.32 Å². The number of likely N-dealkylation sites (tertiary alicyclic amines) is 1. The molecule has 1 aromatic rings. The maximum Gasteiger partial charge on any atom is 0.404 e. The standard InChI is InChI=1S/C15H16F6N2/c16-14(17,18)13(15(19,20)21)5-7-23(9-13)8-11-3-1-2-10-4-6-22-12(10)11/h1-3,22H,4-9H2. The van der Waals surface area contributed by atoms with E-state index >= 15 is 0 Å². The van der Waals surface area contributed by atoms with Gasteiger partial charge in [0, 0.05) is 25.3 Å². The van der Waals surface area contributed by atoms with Gasteiger partial charge in [0.1, 0.15) is 0 Å². The van der Waals surface area contributed by atoms with Crippen molar-refractivity contribution < 1.29 is 26.3 Å². The van der Waals surface area contributed by atoms with Crippen molar-refractivity contribution in [2.45, 2.75) is 31.7 Å². The third-order valence-corrected chi connectivity index (χ3v) is 4.76. The Kier molecular flexibility index (Phi) is 3.78. The van der Waals surface area contributed by atoms with Crippen molar-refractivity contribution in [1.82, 2.24) is 4.90 Å². The molecule has 0 amide bonds. The summed E-state index contributed by atoms with van der Waals surface area (Å²) in [5.74, 6) is 0. The number of benzene rings is 1. The van der Waals surface area contributed by atoms with Crippen LogP contribution in [-0.2, 0) is 13.0 Å². The van der Waals surface area contributed by atoms with Crippen LogP contribution in [0.3, 0.4) is 0 Å². The van der Waals surface area contributed by atoms with Crippen LogP contribution in [0.25, 0.3) is 0 Å². The maximum absolute atomic E-state index is 13.1. The number of anilines is 1. The molecule has 8 heteroatoms. The highest BCUT2D eigenvalue weighted by molar-refractivity contribution is 5.61. The van der Waals surface area contributed by atoms with Gasteiger partial charge in [0.15, 0.2) is 5.41 Å². The van der Waals surface area contributed by atoms with Crippen LogP contribution in [-0.4, -0.2) is 36.9 Å². The smallest absolute Gasteiger partial charge is 0.384 e. The van der Waals surface area contributed by atoms with Crippen molar-refractivity contribution in [3.63, 3.8) is 0 Å². The number of fused-ring (bicyclic) bond motifs is 1. The summed E-state index contributed by atoms with van der Waals surface area (Å²) >= 11 is 0. The van der Waals surface area contributed by atoms with Crippen LogP contribution in [0.5, 0.6) is 0 Å². The number of nitrogens with one attached hydrogen (secondary N) is 1. The topological polar surface area (TPSA) is 15.3 Å². The Morgan fingerprint density at radius 2 is 1.78 bits per heavy atom. The van der Waals surface area contributed by atoms with Crippen molar-refractivity contribution in [3.8, 4) is 0 Å². The van der Waals surface area contributed by atoms with Crippen molar-refractivity contribution in [2.75, 3.05) is 25.0 Å². The first-order valence-electron chi connectivity index (χ1n) is 7.34. The second kappa shape index (κ2) is 5.29. The van der Waals surface area contributed by atoms with Gasteiger partial charge >= 0.3 is 12.4 Å². The van der Waals surface area contributed by atoms with Crippen LogP contribution in [0.2, 0.25) is 0 Å². The zero-order valence-corrected chi connectivity index (χ0v) is 12.2. The molecule has 2 nitrogen and oxygen atoms in total. The summed E-state index contributed by atoms with van der Waals surface area (Å²) in [4.78, 5) is 1.25. The number of halogens is 6. The fraction of sp³-hybridized carbons (Fsp3) is 0.600. The lowest BCUT2D eigenvalue weighted by molar-refractivity contribution is -0.335. The van der Waals surface area contributed by atoms with Crippen molar-refractivity contribution >= 4 is 5.69 Å². The van der Waals surface area contributed by atoms with Crippen LogP contribution in [0.1, 0.15) is 17.5 Å². The Balaban J connectivity index is 1.81. The summed E-state index contributed by atoms with van der Waals surface area (Å²) < 4.78 is 78.5. The van der Waals surface area contributed by atoms with Crippen LogP contribution >= 0.6 is 0 Å². The van der Waals surface area contributed by atoms with E-state index in [0.29, 0.717) is 0 Å². The predicted octanol–water partition coefficient (Wildman–Crippen LogP) is 3.97. The third-order valence-electron chi connectivity index (χ3n) is 4.76. The molecule has 0 aliphatic carbocycles. The van der Waals surface area contributed by atoms with Crippen molar-refractivity contribution in [3.05, 3.63) is 29.3 Å². The third kappa shape index (κ3) is 2.66. The summed E-state index contributed by atoms with van der Waals surface area (Å²) in [7, 11) is 0. The van der Waals surface area contributed by atoms with Gasteiger partial charge in [-0.05, 0) is 30.5 Å². The number of alkyl halides is 6. The number of hydrogen-bond donors (Lipinski definition) is 1. The minimum atomic E-state index is -5.29. The molecule has 0 unspecified atom stereocenters. The van der Waals surface area contributed by atoms with Crippen molar-refractivity contribution in [2.24, 2.45) is 5.41 Å².